The molecule has 10 heteroatoms. The van der Waals surface area contributed by atoms with Gasteiger partial charge in [-0.05, 0) is 38.5 Å². The fourth-order valence-electron chi connectivity index (χ4n) is 4.33. The van der Waals surface area contributed by atoms with Gasteiger partial charge in [-0.3, -0.25) is 9.80 Å². The molecule has 0 radical (unpaired) electrons. The number of carbonyl (C=O) groups excluding carboxylic acids is 2. The molecule has 2 saturated heterocycles. The molecular formula is C27H38N6O4. The highest BCUT2D eigenvalue weighted by molar-refractivity contribution is 5.68. The Hall–Kier alpha value is -3.24. The maximum Gasteiger partial charge on any atom is 0.410 e. The predicted octanol–water partition coefficient (Wildman–Crippen LogP) is 2.98. The third kappa shape index (κ3) is 8.40. The SMILES string of the molecule is CC(C)(C)OC(=O)N1CCN(Cc2ccc(CN3CCN(C(=O)OCc4ccccc4)CC3)nn2)CC1. The largest absolute Gasteiger partial charge is 0.445 e. The van der Waals surface area contributed by atoms with Crippen LogP contribution in [0.25, 0.3) is 0 Å². The Kier molecular flexibility index (Phi) is 8.94. The van der Waals surface area contributed by atoms with Gasteiger partial charge in [-0.25, -0.2) is 9.59 Å². The summed E-state index contributed by atoms with van der Waals surface area (Å²) in [6, 6.07) is 13.8. The third-order valence-corrected chi connectivity index (χ3v) is 6.41. The van der Waals surface area contributed by atoms with Crippen molar-refractivity contribution in [2.24, 2.45) is 0 Å². The molecule has 2 aromatic rings. The molecule has 3 heterocycles. The summed E-state index contributed by atoms with van der Waals surface area (Å²) < 4.78 is 10.9. The molecule has 2 aliphatic rings. The van der Waals surface area contributed by atoms with Crippen molar-refractivity contribution in [3.8, 4) is 0 Å². The van der Waals surface area contributed by atoms with E-state index in [1.165, 1.54) is 0 Å². The van der Waals surface area contributed by atoms with Gasteiger partial charge >= 0.3 is 12.2 Å². The number of hydrogen-bond acceptors (Lipinski definition) is 8. The third-order valence-electron chi connectivity index (χ3n) is 6.41. The maximum absolute atomic E-state index is 12.4. The van der Waals surface area contributed by atoms with Crippen LogP contribution in [0.5, 0.6) is 0 Å². The molecule has 2 amide bonds. The van der Waals surface area contributed by atoms with Gasteiger partial charge < -0.3 is 19.3 Å². The van der Waals surface area contributed by atoms with Crippen molar-refractivity contribution < 1.29 is 19.1 Å². The molecule has 0 spiro atoms. The second-order valence-electron chi connectivity index (χ2n) is 10.6. The molecule has 0 N–H and O–H groups in total. The van der Waals surface area contributed by atoms with Gasteiger partial charge in [0.1, 0.15) is 12.2 Å². The summed E-state index contributed by atoms with van der Waals surface area (Å²) in [6.45, 7) is 13.0. The van der Waals surface area contributed by atoms with Crippen LogP contribution in [0.4, 0.5) is 9.59 Å². The van der Waals surface area contributed by atoms with Crippen molar-refractivity contribution in [3.63, 3.8) is 0 Å². The summed E-state index contributed by atoms with van der Waals surface area (Å²) >= 11 is 0. The van der Waals surface area contributed by atoms with E-state index in [0.717, 1.165) is 43.1 Å². The summed E-state index contributed by atoms with van der Waals surface area (Å²) in [4.78, 5) is 32.7. The first-order valence-electron chi connectivity index (χ1n) is 12.9. The summed E-state index contributed by atoms with van der Waals surface area (Å²) in [5.74, 6) is 0. The van der Waals surface area contributed by atoms with E-state index in [1.54, 1.807) is 9.80 Å². The zero-order chi connectivity index (χ0) is 26.3. The van der Waals surface area contributed by atoms with E-state index in [4.69, 9.17) is 9.47 Å². The van der Waals surface area contributed by atoms with Crippen LogP contribution in [-0.2, 0) is 29.2 Å². The highest BCUT2D eigenvalue weighted by atomic mass is 16.6. The van der Waals surface area contributed by atoms with Gasteiger partial charge in [0.25, 0.3) is 0 Å². The average molecular weight is 511 g/mol. The lowest BCUT2D eigenvalue weighted by Gasteiger charge is -2.35. The van der Waals surface area contributed by atoms with Gasteiger partial charge in [-0.15, -0.1) is 0 Å². The quantitative estimate of drug-likeness (QED) is 0.586. The standard InChI is InChI=1S/C27H38N6O4/c1-27(2,3)37-26(35)33-17-13-31(14-18-33)20-24-10-9-23(28-29-24)19-30-11-15-32(16-12-30)25(34)36-21-22-7-5-4-6-8-22/h4-10H,11-21H2,1-3H3. The van der Waals surface area contributed by atoms with Gasteiger partial charge in [0, 0.05) is 65.4 Å². The van der Waals surface area contributed by atoms with Crippen LogP contribution in [0.1, 0.15) is 37.7 Å². The average Bonchev–Trinajstić information content (AvgIpc) is 2.89. The van der Waals surface area contributed by atoms with Crippen LogP contribution in [0.3, 0.4) is 0 Å². The molecule has 10 nitrogen and oxygen atoms in total. The van der Waals surface area contributed by atoms with Crippen molar-refractivity contribution in [1.29, 1.82) is 0 Å². The predicted molar refractivity (Wildman–Crippen MR) is 139 cm³/mol. The molecule has 0 bridgehead atoms. The minimum Gasteiger partial charge on any atom is -0.445 e. The molecule has 200 valence electrons. The van der Waals surface area contributed by atoms with Gasteiger partial charge in [0.05, 0.1) is 11.4 Å². The van der Waals surface area contributed by atoms with E-state index in [0.29, 0.717) is 45.9 Å². The molecule has 37 heavy (non-hydrogen) atoms. The normalized spacial score (nSPS) is 17.5. The van der Waals surface area contributed by atoms with Crippen LogP contribution < -0.4 is 0 Å². The second-order valence-corrected chi connectivity index (χ2v) is 10.6. The fraction of sp³-hybridized carbons (Fsp3) is 0.556. The van der Waals surface area contributed by atoms with E-state index in [2.05, 4.69) is 20.0 Å². The Morgan fingerprint density at radius 2 is 1.22 bits per heavy atom. The van der Waals surface area contributed by atoms with Crippen molar-refractivity contribution in [1.82, 2.24) is 29.8 Å². The second kappa shape index (κ2) is 12.3. The van der Waals surface area contributed by atoms with Crippen molar-refractivity contribution in [2.75, 3.05) is 52.4 Å². The highest BCUT2D eigenvalue weighted by Crippen LogP contribution is 2.14. The highest BCUT2D eigenvalue weighted by Gasteiger charge is 2.26. The Labute approximate surface area is 219 Å². The molecule has 2 fully saturated rings. The van der Waals surface area contributed by atoms with Crippen molar-refractivity contribution >= 4 is 12.2 Å². The maximum atomic E-state index is 12.4. The topological polar surface area (TPSA) is 91.3 Å². The molecule has 1 aromatic heterocycles. The number of rotatable bonds is 6. The number of piperazine rings is 2. The molecule has 0 unspecified atom stereocenters. The zero-order valence-electron chi connectivity index (χ0n) is 22.1. The Morgan fingerprint density at radius 3 is 1.68 bits per heavy atom. The van der Waals surface area contributed by atoms with E-state index < -0.39 is 5.60 Å². The number of hydrogen-bond donors (Lipinski definition) is 0. The number of nitrogens with zero attached hydrogens (tertiary/aromatic N) is 6. The number of ether oxygens (including phenoxy) is 2. The van der Waals surface area contributed by atoms with Crippen molar-refractivity contribution in [3.05, 3.63) is 59.4 Å². The molecule has 4 rings (SSSR count). The van der Waals surface area contributed by atoms with Crippen LogP contribution in [0, 0.1) is 0 Å². The van der Waals surface area contributed by atoms with Crippen LogP contribution in [-0.4, -0.2) is 99.9 Å². The number of carbonyl (C=O) groups is 2. The number of aromatic nitrogens is 2. The van der Waals surface area contributed by atoms with Gasteiger partial charge in [-0.2, -0.15) is 10.2 Å². The fourth-order valence-corrected chi connectivity index (χ4v) is 4.33. The van der Waals surface area contributed by atoms with Gasteiger partial charge in [0.2, 0.25) is 0 Å². The summed E-state index contributed by atoms with van der Waals surface area (Å²) in [5.41, 5.74) is 2.34. The van der Waals surface area contributed by atoms with E-state index in [1.807, 2.05) is 63.2 Å². The molecule has 0 atom stereocenters. The van der Waals surface area contributed by atoms with Crippen LogP contribution >= 0.6 is 0 Å². The van der Waals surface area contributed by atoms with Crippen LogP contribution in [0.15, 0.2) is 42.5 Å². The lowest BCUT2D eigenvalue weighted by Crippen LogP contribution is -2.49. The van der Waals surface area contributed by atoms with Gasteiger partial charge in [-0.1, -0.05) is 30.3 Å². The molecule has 1 aromatic carbocycles. The number of amides is 2. The minimum absolute atomic E-state index is 0.249. The first-order valence-corrected chi connectivity index (χ1v) is 12.9. The lowest BCUT2D eigenvalue weighted by atomic mass is 10.2. The van der Waals surface area contributed by atoms with Gasteiger partial charge in [0.15, 0.2) is 0 Å². The lowest BCUT2D eigenvalue weighted by molar-refractivity contribution is 0.0138. The minimum atomic E-state index is -0.479. The molecule has 0 aliphatic carbocycles. The van der Waals surface area contributed by atoms with E-state index in [-0.39, 0.29) is 12.2 Å². The first kappa shape index (κ1) is 26.8. The molecule has 2 aliphatic heterocycles. The molecule has 0 saturated carbocycles. The zero-order valence-corrected chi connectivity index (χ0v) is 22.1. The summed E-state index contributed by atoms with van der Waals surface area (Å²) in [5, 5.41) is 8.86. The monoisotopic (exact) mass is 510 g/mol. The summed E-state index contributed by atoms with van der Waals surface area (Å²) in [7, 11) is 0. The summed E-state index contributed by atoms with van der Waals surface area (Å²) in [6.07, 6.45) is -0.513. The smallest absolute Gasteiger partial charge is 0.410 e. The number of benzene rings is 1. The van der Waals surface area contributed by atoms with E-state index in [9.17, 15) is 9.59 Å². The van der Waals surface area contributed by atoms with Crippen LogP contribution in [0.2, 0.25) is 0 Å². The Bertz CT molecular complexity index is 1010. The van der Waals surface area contributed by atoms with E-state index >= 15 is 0 Å². The first-order chi connectivity index (χ1) is 17.7. The Morgan fingerprint density at radius 1 is 0.730 bits per heavy atom. The molecular weight excluding hydrogens is 472 g/mol. The van der Waals surface area contributed by atoms with Crippen molar-refractivity contribution in [2.45, 2.75) is 46.1 Å². The Balaban J connectivity index is 1.15.